The second-order valence-electron chi connectivity index (χ2n) is 6.07. The highest BCUT2D eigenvalue weighted by atomic mass is 14.6. The number of nitrogens with two attached hydrogens (primary N) is 1. The van der Waals surface area contributed by atoms with E-state index in [-0.39, 0.29) is 6.04 Å². The first kappa shape index (κ1) is 14.6. The summed E-state index contributed by atoms with van der Waals surface area (Å²) in [7, 11) is 0. The molecule has 2 N–H and O–H groups in total. The van der Waals surface area contributed by atoms with Crippen LogP contribution in [0.1, 0.15) is 75.1 Å². The molecule has 1 aliphatic rings. The summed E-state index contributed by atoms with van der Waals surface area (Å²) < 4.78 is 0. The minimum Gasteiger partial charge on any atom is -0.324 e. The molecule has 2 rings (SSSR count). The van der Waals surface area contributed by atoms with Crippen molar-refractivity contribution in [2.24, 2.45) is 11.7 Å². The van der Waals surface area contributed by atoms with Gasteiger partial charge in [0.2, 0.25) is 0 Å². The molecule has 1 fully saturated rings. The van der Waals surface area contributed by atoms with E-state index in [1.807, 2.05) is 0 Å². The third-order valence-corrected chi connectivity index (χ3v) is 4.76. The Morgan fingerprint density at radius 3 is 2.53 bits per heavy atom. The van der Waals surface area contributed by atoms with Crippen LogP contribution in [0.25, 0.3) is 0 Å². The first-order valence-electron chi connectivity index (χ1n) is 8.11. The summed E-state index contributed by atoms with van der Waals surface area (Å²) in [6, 6.07) is 7.12. The monoisotopic (exact) mass is 259 g/mol. The van der Waals surface area contributed by atoms with Gasteiger partial charge in [-0.05, 0) is 48.3 Å². The van der Waals surface area contributed by atoms with E-state index in [1.165, 1.54) is 48.8 Å². The van der Waals surface area contributed by atoms with Gasteiger partial charge < -0.3 is 5.73 Å². The first-order chi connectivity index (χ1) is 9.24. The molecule has 0 aliphatic heterocycles. The fourth-order valence-electron chi connectivity index (χ4n) is 3.40. The van der Waals surface area contributed by atoms with Crippen LogP contribution in [0.2, 0.25) is 0 Å². The largest absolute Gasteiger partial charge is 0.324 e. The molecule has 1 aromatic carbocycles. The van der Waals surface area contributed by atoms with Crippen molar-refractivity contribution < 1.29 is 0 Å². The van der Waals surface area contributed by atoms with Gasteiger partial charge >= 0.3 is 0 Å². The van der Waals surface area contributed by atoms with E-state index < -0.39 is 0 Å². The number of hydrogen-bond donors (Lipinski definition) is 1. The SMILES string of the molecule is CCc1ccc(CC)c(C(N)CCC2CCCC2)c1. The van der Waals surface area contributed by atoms with Gasteiger partial charge in [0.1, 0.15) is 0 Å². The maximum atomic E-state index is 6.47. The quantitative estimate of drug-likeness (QED) is 0.781. The molecule has 0 saturated heterocycles. The van der Waals surface area contributed by atoms with E-state index in [2.05, 4.69) is 32.0 Å². The highest BCUT2D eigenvalue weighted by Crippen LogP contribution is 2.31. The molecular formula is C18H29N. The Labute approximate surface area is 118 Å². The van der Waals surface area contributed by atoms with Crippen molar-refractivity contribution in [2.75, 3.05) is 0 Å². The Hall–Kier alpha value is -0.820. The minimum atomic E-state index is 0.238. The van der Waals surface area contributed by atoms with Crippen LogP contribution in [-0.2, 0) is 12.8 Å². The van der Waals surface area contributed by atoms with E-state index in [1.54, 1.807) is 0 Å². The lowest BCUT2D eigenvalue weighted by Crippen LogP contribution is -2.14. The molecule has 0 radical (unpaired) electrons. The highest BCUT2D eigenvalue weighted by molar-refractivity contribution is 5.34. The zero-order chi connectivity index (χ0) is 13.7. The van der Waals surface area contributed by atoms with Gasteiger partial charge in [0.05, 0.1) is 0 Å². The maximum Gasteiger partial charge on any atom is 0.0297 e. The molecule has 0 spiro atoms. The molecule has 0 amide bonds. The van der Waals surface area contributed by atoms with Crippen molar-refractivity contribution in [1.82, 2.24) is 0 Å². The molecule has 106 valence electrons. The third kappa shape index (κ3) is 3.82. The maximum absolute atomic E-state index is 6.47. The van der Waals surface area contributed by atoms with E-state index in [9.17, 15) is 0 Å². The second kappa shape index (κ2) is 7.09. The number of benzene rings is 1. The van der Waals surface area contributed by atoms with Gasteiger partial charge in [-0.25, -0.2) is 0 Å². The minimum absolute atomic E-state index is 0.238. The van der Waals surface area contributed by atoms with Gasteiger partial charge in [0, 0.05) is 6.04 Å². The summed E-state index contributed by atoms with van der Waals surface area (Å²) >= 11 is 0. The third-order valence-electron chi connectivity index (χ3n) is 4.76. The van der Waals surface area contributed by atoms with Crippen molar-refractivity contribution >= 4 is 0 Å². The van der Waals surface area contributed by atoms with Crippen molar-refractivity contribution in [3.05, 3.63) is 34.9 Å². The average molecular weight is 259 g/mol. The lowest BCUT2D eigenvalue weighted by Gasteiger charge is -2.19. The topological polar surface area (TPSA) is 26.0 Å². The van der Waals surface area contributed by atoms with Crippen LogP contribution < -0.4 is 5.73 Å². The van der Waals surface area contributed by atoms with Gasteiger partial charge in [-0.3, -0.25) is 0 Å². The normalized spacial score (nSPS) is 17.8. The van der Waals surface area contributed by atoms with Gasteiger partial charge in [-0.15, -0.1) is 0 Å². The Morgan fingerprint density at radius 1 is 1.16 bits per heavy atom. The van der Waals surface area contributed by atoms with Crippen molar-refractivity contribution in [1.29, 1.82) is 0 Å². The van der Waals surface area contributed by atoms with Crippen molar-refractivity contribution in [2.45, 2.75) is 71.3 Å². The van der Waals surface area contributed by atoms with E-state index in [0.717, 1.165) is 25.2 Å². The molecule has 1 aromatic rings. The standard InChI is InChI=1S/C18H29N/c1-3-14-9-11-16(4-2)17(13-14)18(19)12-10-15-7-5-6-8-15/h9,11,13,15,18H,3-8,10,12,19H2,1-2H3. The van der Waals surface area contributed by atoms with Crippen LogP contribution in [0.15, 0.2) is 18.2 Å². The summed E-state index contributed by atoms with van der Waals surface area (Å²) in [5, 5.41) is 0. The molecule has 19 heavy (non-hydrogen) atoms. The molecule has 1 aliphatic carbocycles. The number of rotatable bonds is 6. The zero-order valence-electron chi connectivity index (χ0n) is 12.6. The van der Waals surface area contributed by atoms with E-state index >= 15 is 0 Å². The molecule has 1 heteroatoms. The van der Waals surface area contributed by atoms with Crippen LogP contribution in [0, 0.1) is 5.92 Å². The van der Waals surface area contributed by atoms with Crippen molar-refractivity contribution in [3.8, 4) is 0 Å². The van der Waals surface area contributed by atoms with Crippen molar-refractivity contribution in [3.63, 3.8) is 0 Å². The molecule has 1 nitrogen and oxygen atoms in total. The molecular weight excluding hydrogens is 230 g/mol. The van der Waals surface area contributed by atoms with Gasteiger partial charge in [-0.1, -0.05) is 57.7 Å². The highest BCUT2D eigenvalue weighted by Gasteiger charge is 2.17. The fraction of sp³-hybridized carbons (Fsp3) is 0.667. The Bertz CT molecular complexity index is 391. The van der Waals surface area contributed by atoms with Gasteiger partial charge in [-0.2, -0.15) is 0 Å². The van der Waals surface area contributed by atoms with E-state index in [0.29, 0.717) is 0 Å². The zero-order valence-corrected chi connectivity index (χ0v) is 12.6. The lowest BCUT2D eigenvalue weighted by atomic mass is 9.90. The Morgan fingerprint density at radius 2 is 1.89 bits per heavy atom. The lowest BCUT2D eigenvalue weighted by molar-refractivity contribution is 0.453. The molecule has 1 atom stereocenters. The summed E-state index contributed by atoms with van der Waals surface area (Å²) in [5.74, 6) is 0.950. The van der Waals surface area contributed by atoms with Crippen LogP contribution in [0.4, 0.5) is 0 Å². The van der Waals surface area contributed by atoms with Gasteiger partial charge in [0.15, 0.2) is 0 Å². The summed E-state index contributed by atoms with van der Waals surface area (Å²) in [5.41, 5.74) is 10.7. The van der Waals surface area contributed by atoms with Crippen LogP contribution >= 0.6 is 0 Å². The molecule has 0 bridgehead atoms. The van der Waals surface area contributed by atoms with E-state index in [4.69, 9.17) is 5.73 Å². The fourth-order valence-corrected chi connectivity index (χ4v) is 3.40. The number of hydrogen-bond acceptors (Lipinski definition) is 1. The second-order valence-corrected chi connectivity index (χ2v) is 6.07. The molecule has 1 unspecified atom stereocenters. The summed E-state index contributed by atoms with van der Waals surface area (Å²) in [4.78, 5) is 0. The smallest absolute Gasteiger partial charge is 0.0297 e. The summed E-state index contributed by atoms with van der Waals surface area (Å²) in [6.45, 7) is 4.45. The molecule has 0 aromatic heterocycles. The van der Waals surface area contributed by atoms with Crippen LogP contribution in [0.3, 0.4) is 0 Å². The average Bonchev–Trinajstić information content (AvgIpc) is 2.97. The predicted molar refractivity (Wildman–Crippen MR) is 83.3 cm³/mol. The molecule has 1 saturated carbocycles. The van der Waals surface area contributed by atoms with Crippen LogP contribution in [0.5, 0.6) is 0 Å². The predicted octanol–water partition coefficient (Wildman–Crippen LogP) is 4.78. The summed E-state index contributed by atoms with van der Waals surface area (Å²) in [6.07, 6.45) is 10.4. The van der Waals surface area contributed by atoms with Crippen LogP contribution in [-0.4, -0.2) is 0 Å². The van der Waals surface area contributed by atoms with Gasteiger partial charge in [0.25, 0.3) is 0 Å². The molecule has 0 heterocycles. The number of aryl methyl sites for hydroxylation is 2. The Kier molecular flexibility index (Phi) is 5.45. The Balaban J connectivity index is 2.01. The first-order valence-corrected chi connectivity index (χ1v) is 8.11.